The number of rotatable bonds is 5. The number of carbonyl (C=O) groups excluding carboxylic acids is 1. The van der Waals surface area contributed by atoms with Crippen molar-refractivity contribution in [3.8, 4) is 11.5 Å². The lowest BCUT2D eigenvalue weighted by molar-refractivity contribution is -0.138. The predicted octanol–water partition coefficient (Wildman–Crippen LogP) is 4.42. The molecule has 0 aliphatic carbocycles. The lowest BCUT2D eigenvalue weighted by Crippen LogP contribution is -2.49. The molecule has 2 heterocycles. The van der Waals surface area contributed by atoms with Crippen molar-refractivity contribution < 1.29 is 14.3 Å². The summed E-state index contributed by atoms with van der Waals surface area (Å²) in [5.41, 5.74) is 2.12. The third kappa shape index (κ3) is 4.62. The fourth-order valence-corrected chi connectivity index (χ4v) is 4.38. The topological polar surface area (TPSA) is 42.0 Å². The zero-order valence-corrected chi connectivity index (χ0v) is 18.3. The van der Waals surface area contributed by atoms with Crippen molar-refractivity contribution in [3.63, 3.8) is 0 Å². The first-order valence-corrected chi connectivity index (χ1v) is 10.9. The Balaban J connectivity index is 1.49. The highest BCUT2D eigenvalue weighted by Gasteiger charge is 2.33. The second-order valence-electron chi connectivity index (χ2n) is 9.17. The van der Waals surface area contributed by atoms with Gasteiger partial charge in [0.05, 0.1) is 6.54 Å². The van der Waals surface area contributed by atoms with Gasteiger partial charge in [-0.2, -0.15) is 0 Å². The van der Waals surface area contributed by atoms with E-state index in [1.54, 1.807) is 0 Å². The Labute approximate surface area is 179 Å². The van der Waals surface area contributed by atoms with Gasteiger partial charge in [0, 0.05) is 18.1 Å². The first-order chi connectivity index (χ1) is 14.4. The molecule has 0 bridgehead atoms. The maximum Gasteiger partial charge on any atom is 0.237 e. The molecule has 5 heteroatoms. The van der Waals surface area contributed by atoms with Gasteiger partial charge in [0.25, 0.3) is 0 Å². The van der Waals surface area contributed by atoms with Crippen molar-refractivity contribution in [1.82, 2.24) is 9.80 Å². The van der Waals surface area contributed by atoms with Gasteiger partial charge in [-0.05, 0) is 63.4 Å². The number of hydrogen-bond donors (Lipinski definition) is 0. The van der Waals surface area contributed by atoms with Crippen LogP contribution in [0.4, 0.5) is 0 Å². The van der Waals surface area contributed by atoms with E-state index in [1.165, 1.54) is 5.56 Å². The molecule has 1 fully saturated rings. The lowest BCUT2D eigenvalue weighted by Gasteiger charge is -2.38. The summed E-state index contributed by atoms with van der Waals surface area (Å²) >= 11 is 0. The van der Waals surface area contributed by atoms with Gasteiger partial charge in [-0.3, -0.25) is 9.69 Å². The van der Waals surface area contributed by atoms with Crippen molar-refractivity contribution in [1.29, 1.82) is 0 Å². The molecule has 30 heavy (non-hydrogen) atoms. The molecule has 5 nitrogen and oxygen atoms in total. The SMILES string of the molecule is CC(C)(C)N(Cc1ccccc1)C(=O)CN1CCC[C@@H]1c1ccc2c(c1)OCCO2. The molecule has 0 saturated carbocycles. The van der Waals surface area contributed by atoms with Crippen LogP contribution < -0.4 is 9.47 Å². The minimum atomic E-state index is -0.237. The Morgan fingerprint density at radius 3 is 2.53 bits per heavy atom. The van der Waals surface area contributed by atoms with E-state index in [1.807, 2.05) is 29.2 Å². The third-order valence-electron chi connectivity index (χ3n) is 5.95. The molecule has 2 aliphatic rings. The molecule has 0 aromatic heterocycles. The number of benzene rings is 2. The monoisotopic (exact) mass is 408 g/mol. The van der Waals surface area contributed by atoms with E-state index in [9.17, 15) is 4.79 Å². The van der Waals surface area contributed by atoms with Crippen LogP contribution in [0.3, 0.4) is 0 Å². The summed E-state index contributed by atoms with van der Waals surface area (Å²) in [5, 5.41) is 0. The molecule has 2 aliphatic heterocycles. The Hall–Kier alpha value is -2.53. The zero-order valence-electron chi connectivity index (χ0n) is 18.3. The molecule has 2 aromatic carbocycles. The van der Waals surface area contributed by atoms with Crippen molar-refractivity contribution in [2.24, 2.45) is 0 Å². The van der Waals surface area contributed by atoms with Crippen LogP contribution in [0.25, 0.3) is 0 Å². The number of nitrogens with zero attached hydrogens (tertiary/aromatic N) is 2. The van der Waals surface area contributed by atoms with Gasteiger partial charge in [0.1, 0.15) is 13.2 Å². The Morgan fingerprint density at radius 1 is 1.07 bits per heavy atom. The van der Waals surface area contributed by atoms with E-state index in [2.05, 4.69) is 49.9 Å². The predicted molar refractivity (Wildman–Crippen MR) is 118 cm³/mol. The van der Waals surface area contributed by atoms with Crippen LogP contribution in [0.1, 0.15) is 50.8 Å². The highest BCUT2D eigenvalue weighted by molar-refractivity contribution is 5.79. The van der Waals surface area contributed by atoms with Gasteiger partial charge in [0.2, 0.25) is 5.91 Å². The molecule has 0 unspecified atom stereocenters. The molecule has 1 atom stereocenters. The summed E-state index contributed by atoms with van der Waals surface area (Å²) in [4.78, 5) is 17.7. The van der Waals surface area contributed by atoms with Gasteiger partial charge in [0.15, 0.2) is 11.5 Å². The average Bonchev–Trinajstić information content (AvgIpc) is 3.19. The highest BCUT2D eigenvalue weighted by atomic mass is 16.6. The van der Waals surface area contributed by atoms with Crippen LogP contribution in [0.15, 0.2) is 48.5 Å². The number of fused-ring (bicyclic) bond motifs is 1. The van der Waals surface area contributed by atoms with E-state index in [-0.39, 0.29) is 17.5 Å². The Kier molecular flexibility index (Phi) is 6.00. The zero-order chi connectivity index (χ0) is 21.1. The molecular weight excluding hydrogens is 376 g/mol. The average molecular weight is 409 g/mol. The molecule has 2 aromatic rings. The molecule has 0 N–H and O–H groups in total. The number of ether oxygens (including phenoxy) is 2. The quantitative estimate of drug-likeness (QED) is 0.734. The summed E-state index contributed by atoms with van der Waals surface area (Å²) in [6.45, 7) is 9.51. The largest absolute Gasteiger partial charge is 0.486 e. The Morgan fingerprint density at radius 2 is 1.80 bits per heavy atom. The minimum Gasteiger partial charge on any atom is -0.486 e. The van der Waals surface area contributed by atoms with E-state index < -0.39 is 0 Å². The first kappa shape index (κ1) is 20.7. The second kappa shape index (κ2) is 8.68. The highest BCUT2D eigenvalue weighted by Crippen LogP contribution is 2.38. The first-order valence-electron chi connectivity index (χ1n) is 10.9. The molecule has 1 amide bonds. The van der Waals surface area contributed by atoms with Crippen molar-refractivity contribution in [2.75, 3.05) is 26.3 Å². The summed E-state index contributed by atoms with van der Waals surface area (Å²) in [6, 6.07) is 16.7. The van der Waals surface area contributed by atoms with Gasteiger partial charge in [-0.25, -0.2) is 0 Å². The van der Waals surface area contributed by atoms with Crippen molar-refractivity contribution >= 4 is 5.91 Å². The molecule has 160 valence electrons. The fraction of sp³-hybridized carbons (Fsp3) is 0.480. The van der Waals surface area contributed by atoms with Crippen LogP contribution in [-0.4, -0.2) is 47.5 Å². The van der Waals surface area contributed by atoms with Crippen LogP contribution in [0, 0.1) is 0 Å². The normalized spacial score (nSPS) is 19.0. The van der Waals surface area contributed by atoms with Crippen molar-refractivity contribution in [3.05, 3.63) is 59.7 Å². The van der Waals surface area contributed by atoms with E-state index >= 15 is 0 Å². The van der Waals surface area contributed by atoms with Crippen molar-refractivity contribution in [2.45, 2.75) is 51.7 Å². The van der Waals surface area contributed by atoms with E-state index in [0.717, 1.165) is 36.4 Å². The van der Waals surface area contributed by atoms with Crippen LogP contribution in [0.5, 0.6) is 11.5 Å². The number of likely N-dealkylation sites (tertiary alicyclic amines) is 1. The van der Waals surface area contributed by atoms with Crippen LogP contribution in [0.2, 0.25) is 0 Å². The summed E-state index contributed by atoms with van der Waals surface area (Å²) in [6.07, 6.45) is 2.15. The molecule has 0 spiro atoms. The molecule has 0 radical (unpaired) electrons. The summed E-state index contributed by atoms with van der Waals surface area (Å²) < 4.78 is 11.4. The molecule has 1 saturated heterocycles. The third-order valence-corrected chi connectivity index (χ3v) is 5.95. The van der Waals surface area contributed by atoms with E-state index in [0.29, 0.717) is 26.3 Å². The summed E-state index contributed by atoms with van der Waals surface area (Å²) in [7, 11) is 0. The fourth-order valence-electron chi connectivity index (χ4n) is 4.38. The second-order valence-corrected chi connectivity index (χ2v) is 9.17. The van der Waals surface area contributed by atoms with Gasteiger partial charge < -0.3 is 14.4 Å². The van der Waals surface area contributed by atoms with E-state index in [4.69, 9.17) is 9.47 Å². The van der Waals surface area contributed by atoms with Gasteiger partial charge in [-0.15, -0.1) is 0 Å². The smallest absolute Gasteiger partial charge is 0.237 e. The molecule has 4 rings (SSSR count). The maximum absolute atomic E-state index is 13.4. The van der Waals surface area contributed by atoms with Crippen LogP contribution >= 0.6 is 0 Å². The number of hydrogen-bond acceptors (Lipinski definition) is 4. The summed E-state index contributed by atoms with van der Waals surface area (Å²) in [5.74, 6) is 1.81. The van der Waals surface area contributed by atoms with Gasteiger partial charge >= 0.3 is 0 Å². The molecular formula is C25H32N2O3. The van der Waals surface area contributed by atoms with Crippen LogP contribution in [-0.2, 0) is 11.3 Å². The standard InChI is InChI=1S/C25H32N2O3/c1-25(2,3)27(17-19-8-5-4-6-9-19)24(28)18-26-13-7-10-21(26)20-11-12-22-23(16-20)30-15-14-29-22/h4-6,8-9,11-12,16,21H,7,10,13-15,17-18H2,1-3H3/t21-/m1/s1. The Bertz CT molecular complexity index is 876. The lowest BCUT2D eigenvalue weighted by atomic mass is 10.0. The number of amides is 1. The maximum atomic E-state index is 13.4. The van der Waals surface area contributed by atoms with Gasteiger partial charge in [-0.1, -0.05) is 36.4 Å². The number of carbonyl (C=O) groups is 1. The minimum absolute atomic E-state index is 0.177.